The fraction of sp³-hybridized carbons (Fsp3) is 0.143. The zero-order chi connectivity index (χ0) is 13.1. The van der Waals surface area contributed by atoms with Gasteiger partial charge in [-0.1, -0.05) is 12.1 Å². The van der Waals surface area contributed by atoms with Crippen molar-refractivity contribution >= 4 is 21.6 Å². The molecule has 0 aliphatic rings. The number of benzene rings is 2. The molecule has 0 bridgehead atoms. The second-order valence-corrected chi connectivity index (χ2v) is 4.93. The van der Waals surface area contributed by atoms with Crippen LogP contribution in [0, 0.1) is 12.7 Å². The SMILES string of the molecule is Cc1ccc(OCc2ccc(N)cc2F)c(Br)c1. The minimum atomic E-state index is -0.349. The summed E-state index contributed by atoms with van der Waals surface area (Å²) >= 11 is 3.41. The van der Waals surface area contributed by atoms with Crippen molar-refractivity contribution < 1.29 is 9.13 Å². The number of hydrogen-bond acceptors (Lipinski definition) is 2. The van der Waals surface area contributed by atoms with E-state index in [-0.39, 0.29) is 12.4 Å². The minimum Gasteiger partial charge on any atom is -0.488 e. The Morgan fingerprint density at radius 1 is 1.22 bits per heavy atom. The van der Waals surface area contributed by atoms with Crippen LogP contribution < -0.4 is 10.5 Å². The van der Waals surface area contributed by atoms with E-state index in [1.165, 1.54) is 6.07 Å². The lowest BCUT2D eigenvalue weighted by atomic mass is 10.2. The van der Waals surface area contributed by atoms with Crippen molar-refractivity contribution in [1.82, 2.24) is 0 Å². The molecule has 4 heteroatoms. The molecule has 0 fully saturated rings. The van der Waals surface area contributed by atoms with E-state index < -0.39 is 0 Å². The molecule has 0 heterocycles. The second kappa shape index (κ2) is 5.40. The third kappa shape index (κ3) is 3.01. The van der Waals surface area contributed by atoms with Gasteiger partial charge in [-0.25, -0.2) is 4.39 Å². The Hall–Kier alpha value is -1.55. The zero-order valence-corrected chi connectivity index (χ0v) is 11.5. The van der Waals surface area contributed by atoms with Crippen LogP contribution in [-0.4, -0.2) is 0 Å². The van der Waals surface area contributed by atoms with Crippen LogP contribution in [0.4, 0.5) is 10.1 Å². The number of nitrogen functional groups attached to an aromatic ring is 1. The molecule has 0 saturated heterocycles. The van der Waals surface area contributed by atoms with Crippen molar-refractivity contribution in [2.45, 2.75) is 13.5 Å². The Labute approximate surface area is 114 Å². The molecule has 2 N–H and O–H groups in total. The summed E-state index contributed by atoms with van der Waals surface area (Å²) in [4.78, 5) is 0. The van der Waals surface area contributed by atoms with Gasteiger partial charge in [0.2, 0.25) is 0 Å². The van der Waals surface area contributed by atoms with Gasteiger partial charge in [0.15, 0.2) is 0 Å². The lowest BCUT2D eigenvalue weighted by Gasteiger charge is -2.09. The smallest absolute Gasteiger partial charge is 0.134 e. The number of halogens is 2. The Balaban J connectivity index is 2.11. The van der Waals surface area contributed by atoms with Crippen molar-refractivity contribution in [3.63, 3.8) is 0 Å². The van der Waals surface area contributed by atoms with Gasteiger partial charge >= 0.3 is 0 Å². The van der Waals surface area contributed by atoms with Gasteiger partial charge < -0.3 is 10.5 Å². The van der Waals surface area contributed by atoms with E-state index in [0.29, 0.717) is 17.0 Å². The first-order chi connectivity index (χ1) is 8.56. The molecule has 0 atom stereocenters. The third-order valence-corrected chi connectivity index (χ3v) is 3.17. The highest BCUT2D eigenvalue weighted by Gasteiger charge is 2.05. The van der Waals surface area contributed by atoms with Crippen LogP contribution in [0.3, 0.4) is 0 Å². The highest BCUT2D eigenvalue weighted by atomic mass is 79.9. The molecule has 0 aromatic heterocycles. The van der Waals surface area contributed by atoms with Gasteiger partial charge in [0.05, 0.1) is 4.47 Å². The predicted octanol–water partition coefficient (Wildman–Crippen LogP) is 4.06. The van der Waals surface area contributed by atoms with E-state index in [2.05, 4.69) is 15.9 Å². The normalized spacial score (nSPS) is 10.4. The van der Waals surface area contributed by atoms with Crippen molar-refractivity contribution in [3.05, 3.63) is 57.8 Å². The molecule has 0 amide bonds. The molecular weight excluding hydrogens is 297 g/mol. The van der Waals surface area contributed by atoms with E-state index >= 15 is 0 Å². The molecule has 2 rings (SSSR count). The molecule has 94 valence electrons. The number of ether oxygens (including phenoxy) is 1. The van der Waals surface area contributed by atoms with Gasteiger partial charge in [0.25, 0.3) is 0 Å². The summed E-state index contributed by atoms with van der Waals surface area (Å²) in [5.74, 6) is 0.343. The average molecular weight is 310 g/mol. The summed E-state index contributed by atoms with van der Waals surface area (Å²) in [5.41, 5.74) is 7.51. The maximum absolute atomic E-state index is 13.5. The van der Waals surface area contributed by atoms with Crippen molar-refractivity contribution in [3.8, 4) is 5.75 Å². The highest BCUT2D eigenvalue weighted by Crippen LogP contribution is 2.26. The minimum absolute atomic E-state index is 0.174. The first-order valence-corrected chi connectivity index (χ1v) is 6.28. The second-order valence-electron chi connectivity index (χ2n) is 4.07. The van der Waals surface area contributed by atoms with Gasteiger partial charge in [0, 0.05) is 11.3 Å². The Morgan fingerprint density at radius 3 is 2.67 bits per heavy atom. The first-order valence-electron chi connectivity index (χ1n) is 5.49. The quantitative estimate of drug-likeness (QED) is 0.868. The van der Waals surface area contributed by atoms with Crippen molar-refractivity contribution in [2.24, 2.45) is 0 Å². The molecule has 18 heavy (non-hydrogen) atoms. The van der Waals surface area contributed by atoms with Gasteiger partial charge in [-0.3, -0.25) is 0 Å². The van der Waals surface area contributed by atoms with Crippen LogP contribution in [0.25, 0.3) is 0 Å². The molecule has 0 aliphatic heterocycles. The fourth-order valence-corrected chi connectivity index (χ4v) is 2.17. The van der Waals surface area contributed by atoms with Crippen LogP contribution >= 0.6 is 15.9 Å². The molecule has 2 aromatic rings. The lowest BCUT2D eigenvalue weighted by molar-refractivity contribution is 0.298. The highest BCUT2D eigenvalue weighted by molar-refractivity contribution is 9.10. The molecule has 0 radical (unpaired) electrons. The van der Waals surface area contributed by atoms with Crippen LogP contribution in [0.5, 0.6) is 5.75 Å². The third-order valence-electron chi connectivity index (χ3n) is 2.55. The van der Waals surface area contributed by atoms with Crippen LogP contribution in [0.15, 0.2) is 40.9 Å². The van der Waals surface area contributed by atoms with Crippen LogP contribution in [-0.2, 0) is 6.61 Å². The number of anilines is 1. The summed E-state index contributed by atoms with van der Waals surface area (Å²) in [6.07, 6.45) is 0. The van der Waals surface area contributed by atoms with Gasteiger partial charge in [-0.15, -0.1) is 0 Å². The molecule has 2 aromatic carbocycles. The largest absolute Gasteiger partial charge is 0.488 e. The van der Waals surface area contributed by atoms with Crippen LogP contribution in [0.2, 0.25) is 0 Å². The molecule has 0 spiro atoms. The monoisotopic (exact) mass is 309 g/mol. The molecule has 0 aliphatic carbocycles. The van der Waals surface area contributed by atoms with Gasteiger partial charge in [-0.2, -0.15) is 0 Å². The van der Waals surface area contributed by atoms with E-state index in [1.807, 2.05) is 25.1 Å². The van der Waals surface area contributed by atoms with E-state index in [0.717, 1.165) is 10.0 Å². The van der Waals surface area contributed by atoms with E-state index in [4.69, 9.17) is 10.5 Å². The summed E-state index contributed by atoms with van der Waals surface area (Å²) in [7, 11) is 0. The number of rotatable bonds is 3. The summed E-state index contributed by atoms with van der Waals surface area (Å²) < 4.78 is 20.0. The van der Waals surface area contributed by atoms with Gasteiger partial charge in [-0.05, 0) is 52.7 Å². The topological polar surface area (TPSA) is 35.2 Å². The van der Waals surface area contributed by atoms with Crippen molar-refractivity contribution in [2.75, 3.05) is 5.73 Å². The summed E-state index contributed by atoms with van der Waals surface area (Å²) in [6, 6.07) is 10.3. The van der Waals surface area contributed by atoms with E-state index in [1.54, 1.807) is 12.1 Å². The first kappa shape index (κ1) is 12.9. The number of nitrogens with two attached hydrogens (primary N) is 1. The average Bonchev–Trinajstić information content (AvgIpc) is 2.30. The van der Waals surface area contributed by atoms with E-state index in [9.17, 15) is 4.39 Å². The molecular formula is C14H13BrFNO. The van der Waals surface area contributed by atoms with Crippen LogP contribution in [0.1, 0.15) is 11.1 Å². The van der Waals surface area contributed by atoms with Crippen molar-refractivity contribution in [1.29, 1.82) is 0 Å². The maximum Gasteiger partial charge on any atom is 0.134 e. The lowest BCUT2D eigenvalue weighted by Crippen LogP contribution is -2.00. The predicted molar refractivity (Wildman–Crippen MR) is 74.0 cm³/mol. The molecule has 0 saturated carbocycles. The zero-order valence-electron chi connectivity index (χ0n) is 9.91. The summed E-state index contributed by atoms with van der Waals surface area (Å²) in [6.45, 7) is 2.17. The number of hydrogen-bond donors (Lipinski definition) is 1. The Kier molecular flexibility index (Phi) is 3.87. The Bertz CT molecular complexity index is 520. The molecule has 2 nitrogen and oxygen atoms in total. The number of aryl methyl sites for hydroxylation is 1. The standard InChI is InChI=1S/C14H13BrFNO/c1-9-2-5-14(12(15)6-9)18-8-10-3-4-11(17)7-13(10)16/h2-7H,8,17H2,1H3. The maximum atomic E-state index is 13.5. The summed E-state index contributed by atoms with van der Waals surface area (Å²) in [5, 5.41) is 0. The van der Waals surface area contributed by atoms with Gasteiger partial charge in [0.1, 0.15) is 18.2 Å². The molecule has 0 unspecified atom stereocenters. The Morgan fingerprint density at radius 2 is 2.00 bits per heavy atom. The fourth-order valence-electron chi connectivity index (χ4n) is 1.56.